The summed E-state index contributed by atoms with van der Waals surface area (Å²) in [6, 6.07) is 19.5. The number of aromatic nitrogens is 1. The monoisotopic (exact) mass is 522 g/mol. The normalized spacial score (nSPS) is 19.6. The van der Waals surface area contributed by atoms with E-state index >= 15 is 0 Å². The minimum absolute atomic E-state index is 0.143. The SMILES string of the molecule is O=C(Nc1noc2ccccc12)N1C[C@H]2CN(Cc3cccc(Oc4cccc(C(F)(F)F)c4)c3)C[C@H]2C1. The number of carbonyl (C=O) groups is 1. The van der Waals surface area contributed by atoms with Crippen LogP contribution in [-0.2, 0) is 12.7 Å². The Morgan fingerprint density at radius 3 is 2.42 bits per heavy atom. The second-order valence-electron chi connectivity index (χ2n) is 9.85. The Balaban J connectivity index is 1.04. The number of anilines is 1. The van der Waals surface area contributed by atoms with E-state index in [1.807, 2.05) is 41.3 Å². The largest absolute Gasteiger partial charge is 0.457 e. The van der Waals surface area contributed by atoms with Gasteiger partial charge in [-0.1, -0.05) is 35.5 Å². The molecule has 3 heterocycles. The van der Waals surface area contributed by atoms with Crippen molar-refractivity contribution in [3.05, 3.63) is 83.9 Å². The molecular formula is C28H25F3N4O3. The lowest BCUT2D eigenvalue weighted by Crippen LogP contribution is -2.36. The van der Waals surface area contributed by atoms with Crippen molar-refractivity contribution in [3.8, 4) is 11.5 Å². The summed E-state index contributed by atoms with van der Waals surface area (Å²) in [6.45, 7) is 3.76. The van der Waals surface area contributed by atoms with Gasteiger partial charge in [0.25, 0.3) is 0 Å². The van der Waals surface area contributed by atoms with Gasteiger partial charge in [-0.3, -0.25) is 10.2 Å². The quantitative estimate of drug-likeness (QED) is 0.336. The van der Waals surface area contributed by atoms with Gasteiger partial charge >= 0.3 is 12.2 Å². The molecule has 2 atom stereocenters. The zero-order valence-corrected chi connectivity index (χ0v) is 20.3. The van der Waals surface area contributed by atoms with Crippen LogP contribution in [0.3, 0.4) is 0 Å². The number of amides is 2. The highest BCUT2D eigenvalue weighted by Gasteiger charge is 2.41. The van der Waals surface area contributed by atoms with Crippen LogP contribution in [0.1, 0.15) is 11.1 Å². The van der Waals surface area contributed by atoms with Gasteiger partial charge in [-0.2, -0.15) is 13.2 Å². The maximum absolute atomic E-state index is 13.0. The number of nitrogens with one attached hydrogen (secondary N) is 1. The number of alkyl halides is 3. The van der Waals surface area contributed by atoms with Gasteiger partial charge in [0.2, 0.25) is 0 Å². The van der Waals surface area contributed by atoms with Gasteiger partial charge in [0.05, 0.1) is 10.9 Å². The maximum Gasteiger partial charge on any atom is 0.416 e. The van der Waals surface area contributed by atoms with Crippen molar-refractivity contribution in [2.45, 2.75) is 12.7 Å². The average molecular weight is 523 g/mol. The third kappa shape index (κ3) is 5.04. The summed E-state index contributed by atoms with van der Waals surface area (Å²) >= 11 is 0. The predicted molar refractivity (Wildman–Crippen MR) is 135 cm³/mol. The summed E-state index contributed by atoms with van der Waals surface area (Å²) in [5, 5.41) is 7.63. The van der Waals surface area contributed by atoms with E-state index < -0.39 is 11.7 Å². The number of likely N-dealkylation sites (tertiary alicyclic amines) is 2. The van der Waals surface area contributed by atoms with Gasteiger partial charge < -0.3 is 14.2 Å². The molecule has 1 aromatic heterocycles. The molecule has 0 unspecified atom stereocenters. The second kappa shape index (κ2) is 9.68. The van der Waals surface area contributed by atoms with Crippen LogP contribution in [-0.4, -0.2) is 47.2 Å². The third-order valence-corrected chi connectivity index (χ3v) is 7.15. The van der Waals surface area contributed by atoms with Crippen molar-refractivity contribution in [3.63, 3.8) is 0 Å². The highest BCUT2D eigenvalue weighted by Crippen LogP contribution is 2.35. The fourth-order valence-electron chi connectivity index (χ4n) is 5.38. The smallest absolute Gasteiger partial charge is 0.416 e. The topological polar surface area (TPSA) is 70.8 Å². The van der Waals surface area contributed by atoms with Gasteiger partial charge in [-0.05, 0) is 59.9 Å². The Morgan fingerprint density at radius 1 is 0.947 bits per heavy atom. The first-order chi connectivity index (χ1) is 18.3. The van der Waals surface area contributed by atoms with Gasteiger partial charge in [0, 0.05) is 32.7 Å². The molecule has 7 nitrogen and oxygen atoms in total. The van der Waals surface area contributed by atoms with Crippen LogP contribution in [0.2, 0.25) is 0 Å². The predicted octanol–water partition coefficient (Wildman–Crippen LogP) is 6.23. The zero-order chi connectivity index (χ0) is 26.3. The Bertz CT molecular complexity index is 1460. The molecule has 0 spiro atoms. The lowest BCUT2D eigenvalue weighted by molar-refractivity contribution is -0.137. The third-order valence-electron chi connectivity index (χ3n) is 7.15. The number of para-hydroxylation sites is 1. The Kier molecular flexibility index (Phi) is 6.19. The summed E-state index contributed by atoms with van der Waals surface area (Å²) in [7, 11) is 0. The fourth-order valence-corrected chi connectivity index (χ4v) is 5.38. The summed E-state index contributed by atoms with van der Waals surface area (Å²) in [6.07, 6.45) is -4.42. The number of carbonyl (C=O) groups excluding carboxylic acids is 1. The molecule has 6 rings (SSSR count). The first kappa shape index (κ1) is 24.3. The number of rotatable bonds is 5. The summed E-state index contributed by atoms with van der Waals surface area (Å²) in [5.74, 6) is 1.81. The number of fused-ring (bicyclic) bond motifs is 2. The molecule has 2 aliphatic heterocycles. The van der Waals surface area contributed by atoms with Crippen LogP contribution >= 0.6 is 0 Å². The van der Waals surface area contributed by atoms with Gasteiger partial charge in [0.15, 0.2) is 11.4 Å². The van der Waals surface area contributed by atoms with E-state index in [1.165, 1.54) is 12.1 Å². The van der Waals surface area contributed by atoms with Crippen molar-refractivity contribution in [1.29, 1.82) is 0 Å². The van der Waals surface area contributed by atoms with Crippen LogP contribution in [0.25, 0.3) is 11.0 Å². The average Bonchev–Trinajstić information content (AvgIpc) is 3.58. The maximum atomic E-state index is 13.0. The zero-order valence-electron chi connectivity index (χ0n) is 20.3. The summed E-state index contributed by atoms with van der Waals surface area (Å²) < 4.78 is 50.0. The van der Waals surface area contributed by atoms with E-state index in [1.54, 1.807) is 12.1 Å². The number of hydrogen-bond acceptors (Lipinski definition) is 5. The van der Waals surface area contributed by atoms with Gasteiger partial charge in [-0.25, -0.2) is 4.79 Å². The van der Waals surface area contributed by atoms with Crippen LogP contribution in [0.4, 0.5) is 23.8 Å². The highest BCUT2D eigenvalue weighted by atomic mass is 19.4. The lowest BCUT2D eigenvalue weighted by Gasteiger charge is -2.22. The van der Waals surface area contributed by atoms with Crippen LogP contribution in [0.5, 0.6) is 11.5 Å². The van der Waals surface area contributed by atoms with Crippen molar-refractivity contribution >= 4 is 22.8 Å². The Morgan fingerprint density at radius 2 is 1.66 bits per heavy atom. The van der Waals surface area contributed by atoms with E-state index in [0.717, 1.165) is 36.2 Å². The molecule has 196 valence electrons. The number of hydrogen-bond donors (Lipinski definition) is 1. The fraction of sp³-hybridized carbons (Fsp3) is 0.286. The first-order valence-corrected chi connectivity index (χ1v) is 12.4. The van der Waals surface area contributed by atoms with Gasteiger partial charge in [-0.15, -0.1) is 0 Å². The number of halogens is 3. The van der Waals surface area contributed by atoms with E-state index in [0.29, 0.717) is 48.6 Å². The van der Waals surface area contributed by atoms with Crippen molar-refractivity contribution < 1.29 is 27.2 Å². The molecule has 0 aliphatic carbocycles. The molecule has 0 saturated carbocycles. The minimum Gasteiger partial charge on any atom is -0.457 e. The van der Waals surface area contributed by atoms with Crippen LogP contribution < -0.4 is 10.1 Å². The lowest BCUT2D eigenvalue weighted by atomic mass is 10.0. The molecule has 0 radical (unpaired) electrons. The molecule has 10 heteroatoms. The molecule has 38 heavy (non-hydrogen) atoms. The summed E-state index contributed by atoms with van der Waals surface area (Å²) in [5.41, 5.74) is 0.898. The number of ether oxygens (including phenoxy) is 1. The standard InChI is InChI=1S/C28H25F3N4O3/c29-28(30,31)21-6-4-8-23(12-21)37-22-7-3-5-18(11-22)13-34-14-19-16-35(17-20(19)15-34)27(36)32-26-24-9-1-2-10-25(24)38-33-26/h1-12,19-20H,13-17H2,(H,32,33,36)/t19-,20+. The summed E-state index contributed by atoms with van der Waals surface area (Å²) in [4.78, 5) is 17.0. The highest BCUT2D eigenvalue weighted by molar-refractivity contribution is 5.98. The molecule has 0 bridgehead atoms. The molecule has 4 aromatic rings. The van der Waals surface area contributed by atoms with E-state index in [-0.39, 0.29) is 11.8 Å². The molecule has 2 saturated heterocycles. The molecule has 2 aliphatic rings. The minimum atomic E-state index is -4.42. The number of urea groups is 1. The van der Waals surface area contributed by atoms with Gasteiger partial charge in [0.1, 0.15) is 11.5 Å². The first-order valence-electron chi connectivity index (χ1n) is 12.4. The molecular weight excluding hydrogens is 497 g/mol. The molecule has 2 amide bonds. The second-order valence-corrected chi connectivity index (χ2v) is 9.85. The molecule has 1 N–H and O–H groups in total. The van der Waals surface area contributed by atoms with Crippen LogP contribution in [0, 0.1) is 11.8 Å². The van der Waals surface area contributed by atoms with Crippen molar-refractivity contribution in [2.75, 3.05) is 31.5 Å². The number of nitrogens with zero attached hydrogens (tertiary/aromatic N) is 3. The van der Waals surface area contributed by atoms with E-state index in [4.69, 9.17) is 9.26 Å². The number of benzene rings is 3. The Labute approximate surface area is 216 Å². The molecule has 3 aromatic carbocycles. The Hall–Kier alpha value is -4.05. The van der Waals surface area contributed by atoms with E-state index in [9.17, 15) is 18.0 Å². The van der Waals surface area contributed by atoms with Crippen LogP contribution in [0.15, 0.2) is 77.3 Å². The molecule has 2 fully saturated rings. The van der Waals surface area contributed by atoms with Crippen molar-refractivity contribution in [1.82, 2.24) is 15.0 Å². The van der Waals surface area contributed by atoms with E-state index in [2.05, 4.69) is 15.4 Å². The van der Waals surface area contributed by atoms with Crippen molar-refractivity contribution in [2.24, 2.45) is 11.8 Å².